The van der Waals surface area contributed by atoms with Crippen LogP contribution in [0.1, 0.15) is 24.9 Å². The van der Waals surface area contributed by atoms with Gasteiger partial charge in [-0.3, -0.25) is 10.1 Å². The number of aromatic nitrogens is 2. The van der Waals surface area contributed by atoms with Crippen molar-refractivity contribution in [3.63, 3.8) is 0 Å². The van der Waals surface area contributed by atoms with Crippen molar-refractivity contribution in [3.8, 4) is 0 Å². The van der Waals surface area contributed by atoms with Crippen molar-refractivity contribution in [2.45, 2.75) is 30.0 Å². The van der Waals surface area contributed by atoms with Crippen LogP contribution in [0.4, 0.5) is 5.13 Å². The summed E-state index contributed by atoms with van der Waals surface area (Å²) in [6.45, 7) is 3.69. The van der Waals surface area contributed by atoms with Gasteiger partial charge in [0.05, 0.1) is 11.3 Å². The Morgan fingerprint density at radius 1 is 1.30 bits per heavy atom. The molecule has 0 aliphatic heterocycles. The van der Waals surface area contributed by atoms with Gasteiger partial charge in [0.25, 0.3) is 0 Å². The molecule has 1 amide bonds. The third-order valence-electron chi connectivity index (χ3n) is 2.49. The zero-order chi connectivity index (χ0) is 14.5. The van der Waals surface area contributed by atoms with E-state index < -0.39 is 0 Å². The summed E-state index contributed by atoms with van der Waals surface area (Å²) in [5.74, 6) is -0.0915. The van der Waals surface area contributed by atoms with E-state index in [1.165, 1.54) is 23.1 Å². The highest BCUT2D eigenvalue weighted by atomic mass is 32.2. The molecule has 7 heteroatoms. The Labute approximate surface area is 126 Å². The van der Waals surface area contributed by atoms with Crippen LogP contribution in [0.3, 0.4) is 0 Å². The zero-order valence-corrected chi connectivity index (χ0v) is 12.9. The summed E-state index contributed by atoms with van der Waals surface area (Å²) in [5.41, 5.74) is 5.71. The van der Waals surface area contributed by atoms with Gasteiger partial charge in [-0.15, -0.1) is 22.0 Å². The lowest BCUT2D eigenvalue weighted by Gasteiger charge is -2.09. The van der Waals surface area contributed by atoms with E-state index in [0.717, 1.165) is 4.90 Å². The molecule has 0 spiro atoms. The van der Waals surface area contributed by atoms with Gasteiger partial charge in [0.1, 0.15) is 5.01 Å². The minimum Gasteiger partial charge on any atom is -0.322 e. The fourth-order valence-electron chi connectivity index (χ4n) is 1.43. The van der Waals surface area contributed by atoms with E-state index in [-0.39, 0.29) is 17.2 Å². The highest BCUT2D eigenvalue weighted by molar-refractivity contribution is 8.00. The Hall–Kier alpha value is -1.44. The van der Waals surface area contributed by atoms with Gasteiger partial charge in [-0.05, 0) is 26.0 Å². The molecule has 5 nitrogen and oxygen atoms in total. The molecule has 0 radical (unpaired) electrons. The van der Waals surface area contributed by atoms with Crippen molar-refractivity contribution < 1.29 is 4.79 Å². The smallest absolute Gasteiger partial charge is 0.239 e. The Balaban J connectivity index is 1.93. The van der Waals surface area contributed by atoms with Crippen molar-refractivity contribution in [3.05, 3.63) is 35.3 Å². The summed E-state index contributed by atoms with van der Waals surface area (Å²) in [6, 6.07) is 9.64. The Morgan fingerprint density at radius 3 is 2.60 bits per heavy atom. The van der Waals surface area contributed by atoms with E-state index in [4.69, 9.17) is 5.73 Å². The number of rotatable bonds is 5. The molecular formula is C13H16N4OS2. The second kappa shape index (κ2) is 6.83. The Bertz CT molecular complexity index is 571. The maximum absolute atomic E-state index is 12.1. The average Bonchev–Trinajstić information content (AvgIpc) is 2.88. The van der Waals surface area contributed by atoms with Crippen LogP contribution in [0.2, 0.25) is 0 Å². The van der Waals surface area contributed by atoms with Crippen molar-refractivity contribution in [1.82, 2.24) is 10.2 Å². The van der Waals surface area contributed by atoms with E-state index >= 15 is 0 Å². The van der Waals surface area contributed by atoms with Crippen LogP contribution >= 0.6 is 23.1 Å². The van der Waals surface area contributed by atoms with Crippen LogP contribution < -0.4 is 11.1 Å². The monoisotopic (exact) mass is 308 g/mol. The highest BCUT2D eigenvalue weighted by Gasteiger charge is 2.17. The minimum absolute atomic E-state index is 0.0915. The molecule has 1 heterocycles. The fourth-order valence-corrected chi connectivity index (χ4v) is 3.02. The van der Waals surface area contributed by atoms with Crippen molar-refractivity contribution in [2.24, 2.45) is 5.73 Å². The lowest BCUT2D eigenvalue weighted by Crippen LogP contribution is -2.22. The third-order valence-corrected chi connectivity index (χ3v) is 4.64. The summed E-state index contributed by atoms with van der Waals surface area (Å²) in [5, 5.41) is 11.6. The molecule has 0 bridgehead atoms. The zero-order valence-electron chi connectivity index (χ0n) is 11.2. The first-order valence-corrected chi connectivity index (χ1v) is 7.87. The van der Waals surface area contributed by atoms with Gasteiger partial charge in [0.2, 0.25) is 11.0 Å². The Morgan fingerprint density at radius 2 is 2.00 bits per heavy atom. The maximum atomic E-state index is 12.1. The lowest BCUT2D eigenvalue weighted by molar-refractivity contribution is -0.115. The SMILES string of the molecule is CC(Sc1ccccc1)C(=O)Nc1nnc(C(C)N)s1. The highest BCUT2D eigenvalue weighted by Crippen LogP contribution is 2.25. The van der Waals surface area contributed by atoms with Crippen LogP contribution in [0.15, 0.2) is 35.2 Å². The first kappa shape index (κ1) is 15.0. The van der Waals surface area contributed by atoms with Gasteiger partial charge in [-0.25, -0.2) is 0 Å². The molecular weight excluding hydrogens is 292 g/mol. The molecule has 20 heavy (non-hydrogen) atoms. The number of benzene rings is 1. The largest absolute Gasteiger partial charge is 0.322 e. The second-order valence-corrected chi connectivity index (χ2v) is 6.72. The summed E-state index contributed by atoms with van der Waals surface area (Å²) < 4.78 is 0. The predicted octanol–water partition coefficient (Wildman–Crippen LogP) is 2.68. The molecule has 3 N–H and O–H groups in total. The number of nitrogens with two attached hydrogens (primary N) is 1. The van der Waals surface area contributed by atoms with E-state index in [1.54, 1.807) is 0 Å². The lowest BCUT2D eigenvalue weighted by atomic mass is 10.4. The number of carbonyl (C=O) groups excluding carboxylic acids is 1. The molecule has 0 aliphatic rings. The van der Waals surface area contributed by atoms with E-state index in [1.807, 2.05) is 44.2 Å². The quantitative estimate of drug-likeness (QED) is 0.830. The van der Waals surface area contributed by atoms with E-state index in [0.29, 0.717) is 10.1 Å². The number of thioether (sulfide) groups is 1. The summed E-state index contributed by atoms with van der Waals surface area (Å²) in [6.07, 6.45) is 0. The minimum atomic E-state index is -0.208. The van der Waals surface area contributed by atoms with Crippen molar-refractivity contribution in [1.29, 1.82) is 0 Å². The third kappa shape index (κ3) is 4.03. The normalized spacial score (nSPS) is 13.8. The number of nitrogens with one attached hydrogen (secondary N) is 1. The maximum Gasteiger partial charge on any atom is 0.239 e. The molecule has 2 rings (SSSR count). The van der Waals surface area contributed by atoms with Crippen molar-refractivity contribution >= 4 is 34.1 Å². The van der Waals surface area contributed by atoms with Crippen LogP contribution in [0.25, 0.3) is 0 Å². The molecule has 2 atom stereocenters. The first-order valence-electron chi connectivity index (χ1n) is 6.18. The van der Waals surface area contributed by atoms with Gasteiger partial charge in [-0.1, -0.05) is 29.5 Å². The number of amides is 1. The molecule has 1 aromatic carbocycles. The molecule has 106 valence electrons. The van der Waals surface area contributed by atoms with E-state index in [2.05, 4.69) is 15.5 Å². The van der Waals surface area contributed by atoms with Gasteiger partial charge in [0, 0.05) is 4.90 Å². The van der Waals surface area contributed by atoms with Gasteiger partial charge < -0.3 is 5.73 Å². The fraction of sp³-hybridized carbons (Fsp3) is 0.308. The molecule has 0 fully saturated rings. The Kier molecular flexibility index (Phi) is 5.11. The number of hydrogen-bond acceptors (Lipinski definition) is 6. The molecule has 0 aliphatic carbocycles. The topological polar surface area (TPSA) is 80.9 Å². The second-order valence-electron chi connectivity index (χ2n) is 4.30. The summed E-state index contributed by atoms with van der Waals surface area (Å²) in [4.78, 5) is 13.1. The summed E-state index contributed by atoms with van der Waals surface area (Å²) in [7, 11) is 0. The van der Waals surface area contributed by atoms with Crippen LogP contribution in [0.5, 0.6) is 0 Å². The number of nitrogens with zero attached hydrogens (tertiary/aromatic N) is 2. The first-order chi connectivity index (χ1) is 9.56. The van der Waals surface area contributed by atoms with Crippen LogP contribution in [0, 0.1) is 0 Å². The molecule has 0 saturated carbocycles. The van der Waals surface area contributed by atoms with Crippen LogP contribution in [-0.4, -0.2) is 21.4 Å². The summed E-state index contributed by atoms with van der Waals surface area (Å²) >= 11 is 2.81. The number of hydrogen-bond donors (Lipinski definition) is 2. The van der Waals surface area contributed by atoms with Gasteiger partial charge >= 0.3 is 0 Å². The van der Waals surface area contributed by atoms with Gasteiger partial charge in [-0.2, -0.15) is 0 Å². The number of anilines is 1. The van der Waals surface area contributed by atoms with E-state index in [9.17, 15) is 4.79 Å². The van der Waals surface area contributed by atoms with Crippen LogP contribution in [-0.2, 0) is 4.79 Å². The number of carbonyl (C=O) groups is 1. The van der Waals surface area contributed by atoms with Crippen molar-refractivity contribution in [2.75, 3.05) is 5.32 Å². The standard InChI is InChI=1S/C13H16N4OS2/c1-8(14)12-16-17-13(20-12)15-11(18)9(2)19-10-6-4-3-5-7-10/h3-9H,14H2,1-2H3,(H,15,17,18). The average molecular weight is 308 g/mol. The molecule has 1 aromatic heterocycles. The molecule has 0 saturated heterocycles. The predicted molar refractivity (Wildman–Crippen MR) is 82.9 cm³/mol. The molecule has 2 unspecified atom stereocenters. The van der Waals surface area contributed by atoms with Gasteiger partial charge in [0.15, 0.2) is 0 Å². The molecule has 2 aromatic rings.